The van der Waals surface area contributed by atoms with E-state index >= 15 is 0 Å². The molecule has 14 heavy (non-hydrogen) atoms. The minimum atomic E-state index is -0.716. The molecule has 0 aliphatic rings. The molecule has 0 fully saturated rings. The van der Waals surface area contributed by atoms with Gasteiger partial charge in [-0.2, -0.15) is 0 Å². The highest BCUT2D eigenvalue weighted by Crippen LogP contribution is 2.25. The van der Waals surface area contributed by atoms with Crippen LogP contribution in [-0.2, 0) is 0 Å². The first-order valence-electron chi connectivity index (χ1n) is 3.98. The van der Waals surface area contributed by atoms with E-state index in [1.807, 2.05) is 0 Å². The van der Waals surface area contributed by atoms with Crippen molar-refractivity contribution in [1.82, 2.24) is 0 Å². The van der Waals surface area contributed by atoms with Crippen LogP contribution in [0.4, 0.5) is 8.78 Å². The van der Waals surface area contributed by atoms with E-state index < -0.39 is 11.6 Å². The van der Waals surface area contributed by atoms with Crippen LogP contribution in [0.1, 0.15) is 6.42 Å². The summed E-state index contributed by atoms with van der Waals surface area (Å²) in [6, 6.07) is 2.30. The van der Waals surface area contributed by atoms with Crippen molar-refractivity contribution in [2.45, 2.75) is 6.42 Å². The van der Waals surface area contributed by atoms with E-state index in [4.69, 9.17) is 16.3 Å². The van der Waals surface area contributed by atoms with Gasteiger partial charge in [0.05, 0.1) is 6.61 Å². The number of ether oxygens (including phenoxy) is 1. The maximum atomic E-state index is 13.1. The number of benzene rings is 1. The van der Waals surface area contributed by atoms with E-state index in [0.29, 0.717) is 16.8 Å². The summed E-state index contributed by atoms with van der Waals surface area (Å²) in [4.78, 5) is 0. The highest BCUT2D eigenvalue weighted by molar-refractivity contribution is 9.10. The molecule has 78 valence electrons. The van der Waals surface area contributed by atoms with Crippen LogP contribution < -0.4 is 4.74 Å². The normalized spacial score (nSPS) is 10.3. The third-order valence-electron chi connectivity index (χ3n) is 1.49. The Morgan fingerprint density at radius 2 is 1.86 bits per heavy atom. The second kappa shape index (κ2) is 5.51. The maximum Gasteiger partial charge on any atom is 0.190 e. The largest absolute Gasteiger partial charge is 0.488 e. The predicted molar refractivity (Wildman–Crippen MR) is 54.9 cm³/mol. The van der Waals surface area contributed by atoms with Gasteiger partial charge in [0.25, 0.3) is 0 Å². The van der Waals surface area contributed by atoms with Crippen LogP contribution in [0.3, 0.4) is 0 Å². The van der Waals surface area contributed by atoms with Crippen molar-refractivity contribution >= 4 is 27.5 Å². The fraction of sp³-hybridized carbons (Fsp3) is 0.333. The van der Waals surface area contributed by atoms with Gasteiger partial charge >= 0.3 is 0 Å². The maximum absolute atomic E-state index is 13.1. The molecule has 0 bridgehead atoms. The topological polar surface area (TPSA) is 9.23 Å². The minimum absolute atomic E-state index is 0.207. The van der Waals surface area contributed by atoms with Crippen LogP contribution in [0.5, 0.6) is 5.75 Å². The smallest absolute Gasteiger partial charge is 0.190 e. The van der Waals surface area contributed by atoms with Crippen LogP contribution in [-0.4, -0.2) is 12.5 Å². The first-order chi connectivity index (χ1) is 6.65. The van der Waals surface area contributed by atoms with Crippen molar-refractivity contribution in [3.8, 4) is 5.75 Å². The zero-order valence-corrected chi connectivity index (χ0v) is 9.54. The van der Waals surface area contributed by atoms with Crippen LogP contribution in [0, 0.1) is 11.6 Å². The van der Waals surface area contributed by atoms with Gasteiger partial charge in [-0.1, -0.05) is 15.9 Å². The lowest BCUT2D eigenvalue weighted by Crippen LogP contribution is -2.02. The Balaban J connectivity index is 2.75. The van der Waals surface area contributed by atoms with Crippen LogP contribution in [0.15, 0.2) is 16.6 Å². The van der Waals surface area contributed by atoms with Gasteiger partial charge in [0.15, 0.2) is 17.4 Å². The van der Waals surface area contributed by atoms with Gasteiger partial charge in [-0.3, -0.25) is 0 Å². The first kappa shape index (κ1) is 11.7. The van der Waals surface area contributed by atoms with Crippen molar-refractivity contribution in [3.63, 3.8) is 0 Å². The van der Waals surface area contributed by atoms with E-state index in [1.54, 1.807) is 0 Å². The van der Waals surface area contributed by atoms with Gasteiger partial charge in [-0.05, 0) is 18.6 Å². The number of alkyl halides is 1. The SMILES string of the molecule is Fc1cc(Br)cc(F)c1OCCCCl. The van der Waals surface area contributed by atoms with Crippen molar-refractivity contribution in [3.05, 3.63) is 28.2 Å². The summed E-state index contributed by atoms with van der Waals surface area (Å²) in [5.41, 5.74) is 0. The molecule has 0 saturated carbocycles. The Morgan fingerprint density at radius 1 is 1.29 bits per heavy atom. The molecule has 0 aliphatic heterocycles. The lowest BCUT2D eigenvalue weighted by atomic mass is 10.3. The highest BCUT2D eigenvalue weighted by atomic mass is 79.9. The van der Waals surface area contributed by atoms with E-state index in [0.717, 1.165) is 12.1 Å². The highest BCUT2D eigenvalue weighted by Gasteiger charge is 2.11. The van der Waals surface area contributed by atoms with Crippen LogP contribution >= 0.6 is 27.5 Å². The van der Waals surface area contributed by atoms with Crippen molar-refractivity contribution in [2.24, 2.45) is 0 Å². The average Bonchev–Trinajstić information content (AvgIpc) is 2.09. The summed E-state index contributed by atoms with van der Waals surface area (Å²) < 4.78 is 31.5. The Hall–Kier alpha value is -0.350. The molecule has 0 atom stereocenters. The molecule has 0 unspecified atom stereocenters. The Kier molecular flexibility index (Phi) is 4.62. The number of halogens is 4. The molecule has 0 N–H and O–H groups in total. The number of hydrogen-bond acceptors (Lipinski definition) is 1. The number of hydrogen-bond donors (Lipinski definition) is 0. The Bertz CT molecular complexity index is 297. The molecule has 0 aliphatic carbocycles. The van der Waals surface area contributed by atoms with Gasteiger partial charge in [-0.25, -0.2) is 8.78 Å². The summed E-state index contributed by atoms with van der Waals surface area (Å²) >= 11 is 8.37. The molecule has 0 spiro atoms. The summed E-state index contributed by atoms with van der Waals surface area (Å²) in [7, 11) is 0. The van der Waals surface area contributed by atoms with Gasteiger partial charge in [-0.15, -0.1) is 11.6 Å². The molecule has 5 heteroatoms. The third-order valence-corrected chi connectivity index (χ3v) is 2.21. The molecule has 0 amide bonds. The summed E-state index contributed by atoms with van der Waals surface area (Å²) in [5.74, 6) is -1.38. The zero-order valence-electron chi connectivity index (χ0n) is 7.20. The van der Waals surface area contributed by atoms with Gasteiger partial charge in [0.2, 0.25) is 0 Å². The summed E-state index contributed by atoms with van der Waals surface area (Å²) in [5, 5.41) is 0. The zero-order chi connectivity index (χ0) is 10.6. The molecule has 1 aromatic rings. The minimum Gasteiger partial charge on any atom is -0.488 e. The van der Waals surface area contributed by atoms with E-state index in [-0.39, 0.29) is 12.4 Å². The second-order valence-corrected chi connectivity index (χ2v) is 3.88. The first-order valence-corrected chi connectivity index (χ1v) is 5.31. The molecule has 0 aromatic heterocycles. The molecule has 1 nitrogen and oxygen atoms in total. The second-order valence-electron chi connectivity index (χ2n) is 2.59. The van der Waals surface area contributed by atoms with Gasteiger partial charge < -0.3 is 4.74 Å². The lowest BCUT2D eigenvalue weighted by molar-refractivity contribution is 0.285. The van der Waals surface area contributed by atoms with E-state index in [9.17, 15) is 8.78 Å². The summed E-state index contributed by atoms with van der Waals surface area (Å²) in [6.45, 7) is 0.207. The van der Waals surface area contributed by atoms with Gasteiger partial charge in [0, 0.05) is 10.4 Å². The lowest BCUT2D eigenvalue weighted by Gasteiger charge is -2.07. The molecule has 0 radical (unpaired) electrons. The van der Waals surface area contributed by atoms with Crippen molar-refractivity contribution in [2.75, 3.05) is 12.5 Å². The summed E-state index contributed by atoms with van der Waals surface area (Å²) in [6.07, 6.45) is 0.552. The molecular formula is C9H8BrClF2O. The van der Waals surface area contributed by atoms with E-state index in [1.165, 1.54) is 0 Å². The van der Waals surface area contributed by atoms with Crippen LogP contribution in [0.25, 0.3) is 0 Å². The number of rotatable bonds is 4. The Labute approximate surface area is 94.1 Å². The van der Waals surface area contributed by atoms with Crippen LogP contribution in [0.2, 0.25) is 0 Å². The van der Waals surface area contributed by atoms with Crippen molar-refractivity contribution in [1.29, 1.82) is 0 Å². The monoisotopic (exact) mass is 284 g/mol. The van der Waals surface area contributed by atoms with Gasteiger partial charge in [0.1, 0.15) is 0 Å². The molecular weight excluding hydrogens is 277 g/mol. The molecule has 1 aromatic carbocycles. The quantitative estimate of drug-likeness (QED) is 0.605. The standard InChI is InChI=1S/C9H8BrClF2O/c10-6-4-7(12)9(8(13)5-6)14-3-1-2-11/h4-5H,1-3H2. The van der Waals surface area contributed by atoms with E-state index in [2.05, 4.69) is 15.9 Å². The molecule has 0 heterocycles. The average molecular weight is 286 g/mol. The predicted octanol–water partition coefficient (Wildman–Crippen LogP) is 3.74. The third kappa shape index (κ3) is 3.10. The molecule has 1 rings (SSSR count). The molecule has 0 saturated heterocycles. The van der Waals surface area contributed by atoms with Crippen molar-refractivity contribution < 1.29 is 13.5 Å². The fourth-order valence-electron chi connectivity index (χ4n) is 0.896. The fourth-order valence-corrected chi connectivity index (χ4v) is 1.41. The Morgan fingerprint density at radius 3 is 2.36 bits per heavy atom.